The number of amides is 1. The van der Waals surface area contributed by atoms with E-state index in [1.807, 2.05) is 17.0 Å². The van der Waals surface area contributed by atoms with Crippen LogP contribution in [0.1, 0.15) is 30.1 Å². The lowest BCUT2D eigenvalue weighted by Crippen LogP contribution is -2.44. The van der Waals surface area contributed by atoms with Gasteiger partial charge in [-0.05, 0) is 56.1 Å². The first kappa shape index (κ1) is 23.3. The number of hydrogen-bond acceptors (Lipinski definition) is 6. The summed E-state index contributed by atoms with van der Waals surface area (Å²) in [6, 6.07) is 10.2. The minimum absolute atomic E-state index is 0.0393. The van der Waals surface area contributed by atoms with E-state index in [9.17, 15) is 14.9 Å². The smallest absolute Gasteiger partial charge is 0.293 e. The molecule has 2 aliphatic rings. The molecular formula is C24H30ClN5O3. The molecule has 2 fully saturated rings. The maximum atomic E-state index is 13.1. The molecule has 0 atom stereocenters. The second-order valence-corrected chi connectivity index (χ2v) is 9.47. The van der Waals surface area contributed by atoms with Gasteiger partial charge in [-0.1, -0.05) is 18.5 Å². The Hall–Kier alpha value is -2.84. The number of carbonyl (C=O) groups is 1. The van der Waals surface area contributed by atoms with Crippen LogP contribution >= 0.6 is 11.6 Å². The van der Waals surface area contributed by atoms with Gasteiger partial charge in [-0.15, -0.1) is 0 Å². The zero-order valence-electron chi connectivity index (χ0n) is 19.1. The van der Waals surface area contributed by atoms with Gasteiger partial charge in [0.05, 0.1) is 16.3 Å². The number of carbonyl (C=O) groups excluding carboxylic acids is 1. The van der Waals surface area contributed by atoms with Gasteiger partial charge in [-0.2, -0.15) is 0 Å². The van der Waals surface area contributed by atoms with Crippen LogP contribution in [0.15, 0.2) is 36.4 Å². The van der Waals surface area contributed by atoms with E-state index < -0.39 is 10.8 Å². The molecule has 0 aliphatic carbocycles. The van der Waals surface area contributed by atoms with E-state index in [0.29, 0.717) is 22.3 Å². The predicted octanol–water partition coefficient (Wildman–Crippen LogP) is 4.49. The maximum absolute atomic E-state index is 13.1. The van der Waals surface area contributed by atoms with Gasteiger partial charge in [-0.3, -0.25) is 14.9 Å². The van der Waals surface area contributed by atoms with Crippen LogP contribution in [0.3, 0.4) is 0 Å². The standard InChI is InChI=1S/C24H30ClN5O3/c1-17-7-9-28(10-8-17)22-5-3-18(15-23(22)30(32)33)24(31)26-20-16-19(25)4-6-21(20)29-13-11-27(2)12-14-29/h3-6,15-17H,7-14H2,1-2H3,(H,26,31). The van der Waals surface area contributed by atoms with E-state index in [-0.39, 0.29) is 11.3 Å². The lowest BCUT2D eigenvalue weighted by atomic mass is 9.98. The predicted molar refractivity (Wildman–Crippen MR) is 133 cm³/mol. The zero-order valence-corrected chi connectivity index (χ0v) is 19.8. The zero-order chi connectivity index (χ0) is 23.5. The fraction of sp³-hybridized carbons (Fsp3) is 0.458. The van der Waals surface area contributed by atoms with Crippen LogP contribution in [0.25, 0.3) is 0 Å². The Morgan fingerprint density at radius 1 is 1.00 bits per heavy atom. The van der Waals surface area contributed by atoms with E-state index in [2.05, 4.69) is 29.1 Å². The van der Waals surface area contributed by atoms with E-state index in [1.54, 1.807) is 18.2 Å². The average Bonchev–Trinajstić information content (AvgIpc) is 2.80. The first-order valence-electron chi connectivity index (χ1n) is 11.4. The molecule has 1 N–H and O–H groups in total. The number of piperazine rings is 1. The number of anilines is 3. The summed E-state index contributed by atoms with van der Waals surface area (Å²) in [4.78, 5) is 31.0. The van der Waals surface area contributed by atoms with Gasteiger partial charge in [0.1, 0.15) is 5.69 Å². The van der Waals surface area contributed by atoms with E-state index >= 15 is 0 Å². The maximum Gasteiger partial charge on any atom is 0.293 e. The largest absolute Gasteiger partial charge is 0.367 e. The number of likely N-dealkylation sites (N-methyl/N-ethyl adjacent to an activating group) is 1. The van der Waals surface area contributed by atoms with Crippen molar-refractivity contribution in [2.24, 2.45) is 5.92 Å². The average molecular weight is 472 g/mol. The number of nitrogens with zero attached hydrogens (tertiary/aromatic N) is 4. The van der Waals surface area contributed by atoms with Crippen molar-refractivity contribution >= 4 is 40.3 Å². The summed E-state index contributed by atoms with van der Waals surface area (Å²) in [6.45, 7) is 7.31. The van der Waals surface area contributed by atoms with Crippen LogP contribution in [0.2, 0.25) is 5.02 Å². The van der Waals surface area contributed by atoms with E-state index in [4.69, 9.17) is 11.6 Å². The topological polar surface area (TPSA) is 82.0 Å². The molecule has 0 spiro atoms. The summed E-state index contributed by atoms with van der Waals surface area (Å²) >= 11 is 6.22. The Labute approximate surface area is 199 Å². The Morgan fingerprint density at radius 3 is 2.30 bits per heavy atom. The lowest BCUT2D eigenvalue weighted by molar-refractivity contribution is -0.384. The third kappa shape index (κ3) is 5.39. The van der Waals surface area contributed by atoms with Gasteiger partial charge in [0.2, 0.25) is 0 Å². The minimum atomic E-state index is -0.404. The first-order chi connectivity index (χ1) is 15.8. The van der Waals surface area contributed by atoms with Crippen LogP contribution in [0, 0.1) is 16.0 Å². The van der Waals surface area contributed by atoms with Gasteiger partial charge in [0.25, 0.3) is 11.6 Å². The minimum Gasteiger partial charge on any atom is -0.367 e. The molecule has 8 nitrogen and oxygen atoms in total. The van der Waals surface area contributed by atoms with E-state index in [1.165, 1.54) is 6.07 Å². The molecule has 4 rings (SSSR count). The number of halogens is 1. The van der Waals surface area contributed by atoms with Gasteiger partial charge >= 0.3 is 0 Å². The highest BCUT2D eigenvalue weighted by molar-refractivity contribution is 6.31. The number of benzene rings is 2. The van der Waals surface area contributed by atoms with Gasteiger partial charge in [0, 0.05) is 55.9 Å². The SMILES string of the molecule is CC1CCN(c2ccc(C(=O)Nc3cc(Cl)ccc3N3CCN(C)CC3)cc2[N+](=O)[O-])CC1. The summed E-state index contributed by atoms with van der Waals surface area (Å²) in [7, 11) is 2.09. The molecule has 0 radical (unpaired) electrons. The van der Waals surface area contributed by atoms with Crippen molar-refractivity contribution in [3.63, 3.8) is 0 Å². The van der Waals surface area contributed by atoms with Crippen LogP contribution in [0.5, 0.6) is 0 Å². The highest BCUT2D eigenvalue weighted by Gasteiger charge is 2.25. The molecule has 176 valence electrons. The number of hydrogen-bond donors (Lipinski definition) is 1. The molecule has 2 aromatic carbocycles. The van der Waals surface area contributed by atoms with Crippen molar-refractivity contribution in [1.82, 2.24) is 4.90 Å². The monoisotopic (exact) mass is 471 g/mol. The first-order valence-corrected chi connectivity index (χ1v) is 11.8. The summed E-state index contributed by atoms with van der Waals surface area (Å²) < 4.78 is 0. The van der Waals surface area contributed by atoms with Crippen molar-refractivity contribution in [3.8, 4) is 0 Å². The van der Waals surface area contributed by atoms with Crippen LogP contribution < -0.4 is 15.1 Å². The molecule has 2 aliphatic heterocycles. The second-order valence-electron chi connectivity index (χ2n) is 9.04. The van der Waals surface area contributed by atoms with Crippen LogP contribution in [0.4, 0.5) is 22.7 Å². The fourth-order valence-electron chi connectivity index (χ4n) is 4.45. The molecular weight excluding hydrogens is 442 g/mol. The Bertz CT molecular complexity index is 1030. The van der Waals surface area contributed by atoms with Crippen LogP contribution in [-0.2, 0) is 0 Å². The van der Waals surface area contributed by atoms with Crippen molar-refractivity contribution in [1.29, 1.82) is 0 Å². The molecule has 0 bridgehead atoms. The quantitative estimate of drug-likeness (QED) is 0.511. The van der Waals surface area contributed by atoms with Crippen molar-refractivity contribution in [3.05, 3.63) is 57.1 Å². The third-order valence-corrected chi connectivity index (χ3v) is 6.84. The third-order valence-electron chi connectivity index (χ3n) is 6.61. The number of nitrogens with one attached hydrogen (secondary N) is 1. The van der Waals surface area contributed by atoms with Gasteiger partial charge in [0.15, 0.2) is 0 Å². The summed E-state index contributed by atoms with van der Waals surface area (Å²) in [5, 5.41) is 15.3. The molecule has 0 unspecified atom stereocenters. The van der Waals surface area contributed by atoms with Crippen molar-refractivity contribution in [2.75, 3.05) is 61.4 Å². The highest BCUT2D eigenvalue weighted by Crippen LogP contribution is 2.34. The lowest BCUT2D eigenvalue weighted by Gasteiger charge is -2.35. The highest BCUT2D eigenvalue weighted by atomic mass is 35.5. The van der Waals surface area contributed by atoms with Crippen molar-refractivity contribution < 1.29 is 9.72 Å². The molecule has 1 amide bonds. The molecule has 2 saturated heterocycles. The Morgan fingerprint density at radius 2 is 1.64 bits per heavy atom. The Balaban J connectivity index is 1.57. The molecule has 33 heavy (non-hydrogen) atoms. The fourth-order valence-corrected chi connectivity index (χ4v) is 4.63. The summed E-state index contributed by atoms with van der Waals surface area (Å²) in [5.74, 6) is 0.229. The molecule has 0 aromatic heterocycles. The number of rotatable bonds is 5. The van der Waals surface area contributed by atoms with Gasteiger partial charge < -0.3 is 20.0 Å². The normalized spacial score (nSPS) is 17.8. The van der Waals surface area contributed by atoms with Gasteiger partial charge in [-0.25, -0.2) is 0 Å². The number of piperidine rings is 1. The second kappa shape index (κ2) is 9.97. The summed E-state index contributed by atoms with van der Waals surface area (Å²) in [5.41, 5.74) is 2.29. The summed E-state index contributed by atoms with van der Waals surface area (Å²) in [6.07, 6.45) is 2.01. The number of nitro groups is 1. The number of nitro benzene ring substituents is 1. The molecule has 0 saturated carbocycles. The molecule has 9 heteroatoms. The van der Waals surface area contributed by atoms with Crippen molar-refractivity contribution in [2.45, 2.75) is 19.8 Å². The molecule has 2 heterocycles. The molecule has 2 aromatic rings. The Kier molecular flexibility index (Phi) is 7.05. The van der Waals surface area contributed by atoms with E-state index in [0.717, 1.165) is 57.8 Å². The van der Waals surface area contributed by atoms with Crippen LogP contribution in [-0.4, -0.2) is 62.0 Å².